The first kappa shape index (κ1) is 15.2. The standard InChI is InChI=1S/C15H25N3O2/c1-10(2)14-17-11(3)6-13(18-14)19-8-12-7-16-9-15(4,5)20-12/h6,10,12,16H,7-9H2,1-5H3. The first-order chi connectivity index (χ1) is 9.35. The third kappa shape index (κ3) is 4.15. The van der Waals surface area contributed by atoms with Gasteiger partial charge in [-0.3, -0.25) is 0 Å². The van der Waals surface area contributed by atoms with Gasteiger partial charge in [0.2, 0.25) is 5.88 Å². The SMILES string of the molecule is Cc1cc(OCC2CNCC(C)(C)O2)nc(C(C)C)n1. The molecule has 0 saturated carbocycles. The van der Waals surface area contributed by atoms with Crippen LogP contribution >= 0.6 is 0 Å². The second-order valence-corrected chi connectivity index (χ2v) is 6.30. The van der Waals surface area contributed by atoms with Crippen molar-refractivity contribution in [1.29, 1.82) is 0 Å². The van der Waals surface area contributed by atoms with E-state index in [1.54, 1.807) is 0 Å². The number of aromatic nitrogens is 2. The summed E-state index contributed by atoms with van der Waals surface area (Å²) in [7, 11) is 0. The molecule has 1 N–H and O–H groups in total. The molecule has 0 radical (unpaired) electrons. The minimum atomic E-state index is -0.142. The number of morpholine rings is 1. The average molecular weight is 279 g/mol. The van der Waals surface area contributed by atoms with E-state index in [9.17, 15) is 0 Å². The summed E-state index contributed by atoms with van der Waals surface area (Å²) in [5, 5.41) is 3.36. The van der Waals surface area contributed by atoms with Crippen molar-refractivity contribution in [2.75, 3.05) is 19.7 Å². The van der Waals surface area contributed by atoms with Crippen LogP contribution in [0, 0.1) is 6.92 Å². The van der Waals surface area contributed by atoms with Crippen LogP contribution in [-0.4, -0.2) is 41.4 Å². The van der Waals surface area contributed by atoms with Crippen molar-refractivity contribution in [3.63, 3.8) is 0 Å². The molecule has 1 aliphatic heterocycles. The number of hydrogen-bond acceptors (Lipinski definition) is 5. The molecule has 2 heterocycles. The summed E-state index contributed by atoms with van der Waals surface area (Å²) >= 11 is 0. The fraction of sp³-hybridized carbons (Fsp3) is 0.733. The van der Waals surface area contributed by atoms with E-state index in [2.05, 4.69) is 43.0 Å². The monoisotopic (exact) mass is 279 g/mol. The van der Waals surface area contributed by atoms with Gasteiger partial charge in [0.05, 0.1) is 5.60 Å². The van der Waals surface area contributed by atoms with E-state index in [0.29, 0.717) is 18.4 Å². The van der Waals surface area contributed by atoms with E-state index in [0.717, 1.165) is 24.6 Å². The van der Waals surface area contributed by atoms with Crippen LogP contribution in [0.3, 0.4) is 0 Å². The predicted octanol–water partition coefficient (Wildman–Crippen LogP) is 2.05. The molecule has 1 aliphatic rings. The average Bonchev–Trinajstić information content (AvgIpc) is 2.34. The van der Waals surface area contributed by atoms with Crippen molar-refractivity contribution in [2.24, 2.45) is 0 Å². The normalized spacial score (nSPS) is 22.0. The first-order valence-corrected chi connectivity index (χ1v) is 7.22. The zero-order chi connectivity index (χ0) is 14.8. The van der Waals surface area contributed by atoms with Crippen LogP contribution in [0.2, 0.25) is 0 Å². The molecule has 20 heavy (non-hydrogen) atoms. The quantitative estimate of drug-likeness (QED) is 0.914. The molecule has 5 heteroatoms. The Bertz CT molecular complexity index is 460. The van der Waals surface area contributed by atoms with Gasteiger partial charge < -0.3 is 14.8 Å². The number of nitrogens with zero attached hydrogens (tertiary/aromatic N) is 2. The topological polar surface area (TPSA) is 56.3 Å². The van der Waals surface area contributed by atoms with Gasteiger partial charge >= 0.3 is 0 Å². The second kappa shape index (κ2) is 6.06. The van der Waals surface area contributed by atoms with Crippen LogP contribution in [0.1, 0.15) is 45.1 Å². The Kier molecular flexibility index (Phi) is 4.60. The van der Waals surface area contributed by atoms with Crippen LogP contribution in [-0.2, 0) is 4.74 Å². The zero-order valence-corrected chi connectivity index (χ0v) is 13.1. The molecule has 2 rings (SSSR count). The molecule has 1 aromatic heterocycles. The van der Waals surface area contributed by atoms with E-state index >= 15 is 0 Å². The lowest BCUT2D eigenvalue weighted by Crippen LogP contribution is -2.52. The number of hydrogen-bond donors (Lipinski definition) is 1. The van der Waals surface area contributed by atoms with Gasteiger partial charge in [0.1, 0.15) is 18.5 Å². The van der Waals surface area contributed by atoms with Crippen molar-refractivity contribution in [3.05, 3.63) is 17.6 Å². The van der Waals surface area contributed by atoms with E-state index < -0.39 is 0 Å². The molecule has 0 bridgehead atoms. The maximum atomic E-state index is 5.97. The van der Waals surface area contributed by atoms with Crippen LogP contribution in [0.4, 0.5) is 0 Å². The summed E-state index contributed by atoms with van der Waals surface area (Å²) in [6.45, 7) is 12.5. The Labute approximate surface area is 121 Å². The van der Waals surface area contributed by atoms with E-state index in [1.807, 2.05) is 13.0 Å². The largest absolute Gasteiger partial charge is 0.475 e. The molecule has 0 aromatic carbocycles. The summed E-state index contributed by atoms with van der Waals surface area (Å²) in [5.74, 6) is 1.75. The van der Waals surface area contributed by atoms with Crippen LogP contribution in [0.5, 0.6) is 5.88 Å². The van der Waals surface area contributed by atoms with Gasteiger partial charge in [-0.15, -0.1) is 0 Å². The number of ether oxygens (including phenoxy) is 2. The molecule has 0 spiro atoms. The van der Waals surface area contributed by atoms with Crippen molar-refractivity contribution < 1.29 is 9.47 Å². The van der Waals surface area contributed by atoms with Crippen LogP contribution < -0.4 is 10.1 Å². The van der Waals surface area contributed by atoms with Gasteiger partial charge in [-0.2, -0.15) is 4.98 Å². The highest BCUT2D eigenvalue weighted by Crippen LogP contribution is 2.18. The summed E-state index contributed by atoms with van der Waals surface area (Å²) in [5.41, 5.74) is 0.790. The Morgan fingerprint density at radius 3 is 2.85 bits per heavy atom. The van der Waals surface area contributed by atoms with E-state index in [1.165, 1.54) is 0 Å². The summed E-state index contributed by atoms with van der Waals surface area (Å²) in [4.78, 5) is 8.86. The van der Waals surface area contributed by atoms with Gasteiger partial charge in [0, 0.05) is 30.8 Å². The Morgan fingerprint density at radius 2 is 2.20 bits per heavy atom. The predicted molar refractivity (Wildman–Crippen MR) is 78.2 cm³/mol. The molecule has 0 aliphatic carbocycles. The van der Waals surface area contributed by atoms with Gasteiger partial charge in [-0.25, -0.2) is 4.98 Å². The summed E-state index contributed by atoms with van der Waals surface area (Å²) < 4.78 is 11.8. The third-order valence-electron chi connectivity index (χ3n) is 3.19. The second-order valence-electron chi connectivity index (χ2n) is 6.30. The maximum absolute atomic E-state index is 5.97. The molecular formula is C15H25N3O2. The highest BCUT2D eigenvalue weighted by Gasteiger charge is 2.28. The molecule has 0 amide bonds. The van der Waals surface area contributed by atoms with Crippen molar-refractivity contribution in [2.45, 2.75) is 52.2 Å². The van der Waals surface area contributed by atoms with Crippen molar-refractivity contribution in [3.8, 4) is 5.88 Å². The summed E-state index contributed by atoms with van der Waals surface area (Å²) in [6, 6.07) is 1.87. The number of aryl methyl sites for hydroxylation is 1. The van der Waals surface area contributed by atoms with Gasteiger partial charge in [0.25, 0.3) is 0 Å². The van der Waals surface area contributed by atoms with Gasteiger partial charge in [-0.05, 0) is 20.8 Å². The minimum absolute atomic E-state index is 0.0523. The minimum Gasteiger partial charge on any atom is -0.475 e. The number of rotatable bonds is 4. The highest BCUT2D eigenvalue weighted by molar-refractivity contribution is 5.16. The molecule has 1 aromatic rings. The van der Waals surface area contributed by atoms with Crippen LogP contribution in [0.25, 0.3) is 0 Å². The lowest BCUT2D eigenvalue weighted by molar-refractivity contribution is -0.107. The maximum Gasteiger partial charge on any atom is 0.216 e. The van der Waals surface area contributed by atoms with E-state index in [-0.39, 0.29) is 11.7 Å². The molecule has 5 nitrogen and oxygen atoms in total. The van der Waals surface area contributed by atoms with Crippen molar-refractivity contribution >= 4 is 0 Å². The highest BCUT2D eigenvalue weighted by atomic mass is 16.6. The van der Waals surface area contributed by atoms with Crippen molar-refractivity contribution in [1.82, 2.24) is 15.3 Å². The van der Waals surface area contributed by atoms with E-state index in [4.69, 9.17) is 9.47 Å². The first-order valence-electron chi connectivity index (χ1n) is 7.22. The zero-order valence-electron chi connectivity index (χ0n) is 13.1. The smallest absolute Gasteiger partial charge is 0.216 e. The Morgan fingerprint density at radius 1 is 1.45 bits per heavy atom. The molecule has 1 atom stereocenters. The fourth-order valence-corrected chi connectivity index (χ4v) is 2.23. The fourth-order valence-electron chi connectivity index (χ4n) is 2.23. The molecule has 1 fully saturated rings. The Hall–Kier alpha value is -1.20. The van der Waals surface area contributed by atoms with Crippen LogP contribution in [0.15, 0.2) is 6.07 Å². The van der Waals surface area contributed by atoms with Gasteiger partial charge in [0.15, 0.2) is 0 Å². The third-order valence-corrected chi connectivity index (χ3v) is 3.19. The molecule has 1 unspecified atom stereocenters. The number of nitrogens with one attached hydrogen (secondary N) is 1. The summed E-state index contributed by atoms with van der Waals surface area (Å²) in [6.07, 6.45) is 0.0523. The molecule has 112 valence electrons. The Balaban J connectivity index is 1.97. The lowest BCUT2D eigenvalue weighted by atomic mass is 10.1. The van der Waals surface area contributed by atoms with Gasteiger partial charge in [-0.1, -0.05) is 13.8 Å². The lowest BCUT2D eigenvalue weighted by Gasteiger charge is -2.36. The molecule has 1 saturated heterocycles. The molecular weight excluding hydrogens is 254 g/mol.